The van der Waals surface area contributed by atoms with Crippen LogP contribution in [0, 0.1) is 0 Å². The third-order valence-corrected chi connectivity index (χ3v) is 4.12. The molecule has 1 aromatic heterocycles. The monoisotopic (exact) mass is 555 g/mol. The fourth-order valence-electron chi connectivity index (χ4n) is 2.71. The van der Waals surface area contributed by atoms with Crippen LogP contribution < -0.4 is 21.5 Å². The second-order valence-electron chi connectivity index (χ2n) is 8.03. The molecule has 0 aliphatic heterocycles. The Morgan fingerprint density at radius 2 is 1.66 bits per heavy atom. The highest BCUT2D eigenvalue weighted by atomic mass is 127. The number of hydrogen-bond donors (Lipinski definition) is 3. The number of benzene rings is 1. The van der Waals surface area contributed by atoms with Crippen molar-refractivity contribution in [2.75, 3.05) is 19.6 Å². The summed E-state index contributed by atoms with van der Waals surface area (Å²) in [6.07, 6.45) is 1.35. The first-order valence-corrected chi connectivity index (χ1v) is 10.5. The quantitative estimate of drug-likeness (QED) is 0.202. The first kappa shape index (κ1) is 27.5. The largest absolute Gasteiger partial charge is 0.444 e. The van der Waals surface area contributed by atoms with Crippen molar-refractivity contribution in [1.82, 2.24) is 20.5 Å². The van der Waals surface area contributed by atoms with Gasteiger partial charge in [-0.25, -0.2) is 9.79 Å². The number of nitrogens with one attached hydrogen (secondary N) is 3. The molecule has 3 N–H and O–H groups in total. The van der Waals surface area contributed by atoms with Crippen molar-refractivity contribution in [3.05, 3.63) is 70.1 Å². The fraction of sp³-hybridized carbons (Fsp3) is 0.435. The van der Waals surface area contributed by atoms with Crippen LogP contribution in [0.1, 0.15) is 38.8 Å². The van der Waals surface area contributed by atoms with Gasteiger partial charge >= 0.3 is 6.09 Å². The lowest BCUT2D eigenvalue weighted by molar-refractivity contribution is 0.0529. The minimum atomic E-state index is -0.513. The van der Waals surface area contributed by atoms with E-state index in [1.165, 1.54) is 0 Å². The molecular weight excluding hydrogens is 521 g/mol. The second kappa shape index (κ2) is 13.8. The number of aromatic nitrogens is 1. The Balaban J connectivity index is 0.00000512. The molecule has 0 aliphatic carbocycles. The van der Waals surface area contributed by atoms with Crippen LogP contribution in [-0.2, 0) is 17.8 Å². The van der Waals surface area contributed by atoms with Gasteiger partial charge in [-0.05, 0) is 44.9 Å². The van der Waals surface area contributed by atoms with E-state index in [4.69, 9.17) is 4.74 Å². The Kier molecular flexibility index (Phi) is 11.8. The molecule has 8 nitrogen and oxygen atoms in total. The summed E-state index contributed by atoms with van der Waals surface area (Å²) in [4.78, 5) is 28.1. The summed E-state index contributed by atoms with van der Waals surface area (Å²) in [6.45, 7) is 10.2. The average molecular weight is 555 g/mol. The Morgan fingerprint density at radius 3 is 2.28 bits per heavy atom. The van der Waals surface area contributed by atoms with Gasteiger partial charge in [-0.15, -0.1) is 24.0 Å². The highest BCUT2D eigenvalue weighted by Gasteiger charge is 2.15. The number of pyridine rings is 1. The average Bonchev–Trinajstić information content (AvgIpc) is 2.71. The van der Waals surface area contributed by atoms with E-state index < -0.39 is 11.7 Å². The molecule has 2 rings (SSSR count). The van der Waals surface area contributed by atoms with Gasteiger partial charge in [-0.2, -0.15) is 0 Å². The van der Waals surface area contributed by atoms with Gasteiger partial charge in [0.05, 0.1) is 13.1 Å². The molecule has 0 saturated carbocycles. The van der Waals surface area contributed by atoms with E-state index in [0.717, 1.165) is 17.7 Å². The molecule has 0 fully saturated rings. The number of halogens is 1. The van der Waals surface area contributed by atoms with Crippen LogP contribution in [0.4, 0.5) is 4.79 Å². The number of carbonyl (C=O) groups excluding carboxylic acids is 1. The highest BCUT2D eigenvalue weighted by molar-refractivity contribution is 14.0. The predicted molar refractivity (Wildman–Crippen MR) is 139 cm³/mol. The molecule has 0 aliphatic rings. The van der Waals surface area contributed by atoms with Crippen LogP contribution in [0.15, 0.2) is 58.4 Å². The molecule has 1 amide bonds. The predicted octanol–water partition coefficient (Wildman–Crippen LogP) is 3.09. The molecule has 2 aromatic rings. The van der Waals surface area contributed by atoms with E-state index in [9.17, 15) is 9.59 Å². The van der Waals surface area contributed by atoms with E-state index in [2.05, 4.69) is 20.9 Å². The first-order valence-electron chi connectivity index (χ1n) is 10.5. The molecule has 1 aromatic carbocycles. The van der Waals surface area contributed by atoms with Gasteiger partial charge in [0.1, 0.15) is 5.60 Å². The number of ether oxygens (including phenoxy) is 1. The number of carbonyl (C=O) groups is 1. The van der Waals surface area contributed by atoms with E-state index >= 15 is 0 Å². The van der Waals surface area contributed by atoms with Crippen LogP contribution in [0.25, 0.3) is 0 Å². The molecule has 32 heavy (non-hydrogen) atoms. The summed E-state index contributed by atoms with van der Waals surface area (Å²) in [5.41, 5.74) is 1.59. The van der Waals surface area contributed by atoms with E-state index in [1.54, 1.807) is 22.9 Å². The highest BCUT2D eigenvalue weighted by Crippen LogP contribution is 2.07. The van der Waals surface area contributed by atoms with Gasteiger partial charge in [-0.3, -0.25) is 4.79 Å². The van der Waals surface area contributed by atoms with Crippen LogP contribution in [0.3, 0.4) is 0 Å². The molecule has 0 saturated heterocycles. The molecular formula is C23H34IN5O3. The SMILES string of the molecule is CCNC(=NCc1ccc(Cn2ccccc2=O)cc1)NCCNC(=O)OC(C)(C)C.I. The van der Waals surface area contributed by atoms with Crippen molar-refractivity contribution in [3.63, 3.8) is 0 Å². The van der Waals surface area contributed by atoms with Crippen molar-refractivity contribution in [2.24, 2.45) is 4.99 Å². The van der Waals surface area contributed by atoms with Crippen LogP contribution in [0.2, 0.25) is 0 Å². The van der Waals surface area contributed by atoms with Crippen molar-refractivity contribution in [3.8, 4) is 0 Å². The number of guanidine groups is 1. The zero-order valence-corrected chi connectivity index (χ0v) is 21.5. The van der Waals surface area contributed by atoms with Crippen molar-refractivity contribution >= 4 is 36.0 Å². The third-order valence-electron chi connectivity index (χ3n) is 4.12. The standard InChI is InChI=1S/C23H33N5O3.HI/c1-5-24-21(25-13-14-26-22(30)31-23(2,3)4)27-16-18-9-11-19(12-10-18)17-28-15-7-6-8-20(28)29;/h6-12,15H,5,13-14,16-17H2,1-4H3,(H,26,30)(H2,24,25,27);1H. The van der Waals surface area contributed by atoms with Gasteiger partial charge in [0.25, 0.3) is 5.56 Å². The Morgan fingerprint density at radius 1 is 1.00 bits per heavy atom. The maximum Gasteiger partial charge on any atom is 0.407 e. The summed E-state index contributed by atoms with van der Waals surface area (Å²) in [6, 6.07) is 13.2. The number of alkyl carbamates (subject to hydrolysis) is 1. The lowest BCUT2D eigenvalue weighted by Crippen LogP contribution is -2.42. The molecule has 176 valence electrons. The number of amides is 1. The van der Waals surface area contributed by atoms with E-state index in [0.29, 0.717) is 32.1 Å². The van der Waals surface area contributed by atoms with E-state index in [-0.39, 0.29) is 29.5 Å². The minimum Gasteiger partial charge on any atom is -0.444 e. The Bertz CT molecular complexity index is 920. The Labute approximate surface area is 206 Å². The molecule has 0 spiro atoms. The second-order valence-corrected chi connectivity index (χ2v) is 8.03. The van der Waals surface area contributed by atoms with Gasteiger partial charge in [0.15, 0.2) is 5.96 Å². The summed E-state index contributed by atoms with van der Waals surface area (Å²) < 4.78 is 6.88. The number of nitrogens with zero attached hydrogens (tertiary/aromatic N) is 2. The van der Waals surface area contributed by atoms with Crippen molar-refractivity contribution in [2.45, 2.75) is 46.4 Å². The minimum absolute atomic E-state index is 0. The van der Waals surface area contributed by atoms with Crippen molar-refractivity contribution < 1.29 is 9.53 Å². The Hall–Kier alpha value is -2.56. The molecule has 0 bridgehead atoms. The number of aliphatic imine (C=N–C) groups is 1. The first-order chi connectivity index (χ1) is 14.8. The molecule has 0 atom stereocenters. The van der Waals surface area contributed by atoms with Gasteiger partial charge in [-0.1, -0.05) is 30.3 Å². The van der Waals surface area contributed by atoms with Crippen LogP contribution in [-0.4, -0.2) is 41.9 Å². The molecule has 0 radical (unpaired) electrons. The maximum absolute atomic E-state index is 11.8. The van der Waals surface area contributed by atoms with Crippen LogP contribution in [0.5, 0.6) is 0 Å². The lowest BCUT2D eigenvalue weighted by atomic mass is 10.1. The zero-order chi connectivity index (χ0) is 22.7. The zero-order valence-electron chi connectivity index (χ0n) is 19.2. The molecule has 1 heterocycles. The third kappa shape index (κ3) is 10.7. The fourth-order valence-corrected chi connectivity index (χ4v) is 2.71. The van der Waals surface area contributed by atoms with Gasteiger partial charge in [0, 0.05) is 31.9 Å². The van der Waals surface area contributed by atoms with Gasteiger partial charge in [0.2, 0.25) is 0 Å². The molecule has 9 heteroatoms. The normalized spacial score (nSPS) is 11.3. The van der Waals surface area contributed by atoms with Crippen molar-refractivity contribution in [1.29, 1.82) is 0 Å². The molecule has 0 unspecified atom stereocenters. The summed E-state index contributed by atoms with van der Waals surface area (Å²) in [5.74, 6) is 0.674. The summed E-state index contributed by atoms with van der Waals surface area (Å²) in [7, 11) is 0. The lowest BCUT2D eigenvalue weighted by Gasteiger charge is -2.19. The summed E-state index contributed by atoms with van der Waals surface area (Å²) >= 11 is 0. The van der Waals surface area contributed by atoms with E-state index in [1.807, 2.05) is 58.0 Å². The van der Waals surface area contributed by atoms with Gasteiger partial charge < -0.3 is 25.3 Å². The topological polar surface area (TPSA) is 96.8 Å². The van der Waals surface area contributed by atoms with Crippen LogP contribution >= 0.6 is 24.0 Å². The summed E-state index contributed by atoms with van der Waals surface area (Å²) in [5, 5.41) is 9.09. The number of rotatable bonds is 8. The maximum atomic E-state index is 11.8. The smallest absolute Gasteiger partial charge is 0.407 e. The number of hydrogen-bond acceptors (Lipinski definition) is 4.